The molecule has 1 heterocycles. The summed E-state index contributed by atoms with van der Waals surface area (Å²) in [6.07, 6.45) is 1.68. The van der Waals surface area contributed by atoms with Crippen molar-refractivity contribution in [1.82, 2.24) is 20.8 Å². The van der Waals surface area contributed by atoms with E-state index in [1.165, 1.54) is 11.1 Å². The van der Waals surface area contributed by atoms with Gasteiger partial charge in [-0.05, 0) is 32.8 Å². The van der Waals surface area contributed by atoms with Crippen LogP contribution in [0.5, 0.6) is 0 Å². The van der Waals surface area contributed by atoms with Gasteiger partial charge in [0.2, 0.25) is 5.89 Å². The molecule has 1 aromatic carbocycles. The predicted molar refractivity (Wildman–Crippen MR) is 107 cm³/mol. The third-order valence-corrected chi connectivity index (χ3v) is 3.28. The van der Waals surface area contributed by atoms with Gasteiger partial charge in [0.05, 0.1) is 6.54 Å². The lowest BCUT2D eigenvalue weighted by Crippen LogP contribution is -2.37. The highest BCUT2D eigenvalue weighted by Gasteiger charge is 2.03. The highest BCUT2D eigenvalue weighted by atomic mass is 127. The molecular weight excluding hydrogens is 417 g/mol. The van der Waals surface area contributed by atoms with E-state index >= 15 is 0 Å². The molecule has 0 fully saturated rings. The standard InChI is InChI=1S/C17H25N5O.HI/c1-4-18-17(20-12-15-8-5-7-13(2)11-15)19-10-6-9-16-21-14(3)22-23-16;/h5,7-8,11H,4,6,9-10,12H2,1-3H3,(H2,18,19,20);1H. The number of halogens is 1. The van der Waals surface area contributed by atoms with Crippen LogP contribution in [0, 0.1) is 13.8 Å². The molecule has 2 aromatic rings. The number of aromatic nitrogens is 2. The monoisotopic (exact) mass is 443 g/mol. The molecule has 0 saturated heterocycles. The van der Waals surface area contributed by atoms with Gasteiger partial charge in [-0.1, -0.05) is 35.0 Å². The van der Waals surface area contributed by atoms with E-state index in [0.717, 1.165) is 31.9 Å². The Morgan fingerprint density at radius 1 is 1.25 bits per heavy atom. The smallest absolute Gasteiger partial charge is 0.226 e. The van der Waals surface area contributed by atoms with E-state index in [2.05, 4.69) is 63.9 Å². The second-order valence-corrected chi connectivity index (χ2v) is 5.45. The number of aryl methyl sites for hydroxylation is 3. The number of nitrogens with zero attached hydrogens (tertiary/aromatic N) is 3. The number of guanidine groups is 1. The summed E-state index contributed by atoms with van der Waals surface area (Å²) in [6.45, 7) is 8.29. The van der Waals surface area contributed by atoms with Gasteiger partial charge in [-0.2, -0.15) is 4.98 Å². The van der Waals surface area contributed by atoms with E-state index in [9.17, 15) is 0 Å². The maximum Gasteiger partial charge on any atom is 0.226 e. The predicted octanol–water partition coefficient (Wildman–Crippen LogP) is 2.99. The second kappa shape index (κ2) is 11.0. The van der Waals surface area contributed by atoms with Crippen molar-refractivity contribution in [3.63, 3.8) is 0 Å². The van der Waals surface area contributed by atoms with Crippen molar-refractivity contribution >= 4 is 29.9 Å². The van der Waals surface area contributed by atoms with Gasteiger partial charge >= 0.3 is 0 Å². The number of benzene rings is 1. The molecule has 0 amide bonds. The average molecular weight is 443 g/mol. The van der Waals surface area contributed by atoms with Crippen LogP contribution in [-0.2, 0) is 13.0 Å². The SMILES string of the molecule is CCNC(=NCc1cccc(C)c1)NCCCc1nc(C)no1.I. The van der Waals surface area contributed by atoms with E-state index in [4.69, 9.17) is 4.52 Å². The molecule has 0 unspecified atom stereocenters. The zero-order valence-electron chi connectivity index (χ0n) is 14.5. The molecule has 0 aliphatic carbocycles. The van der Waals surface area contributed by atoms with Crippen LogP contribution in [0.4, 0.5) is 0 Å². The number of nitrogens with one attached hydrogen (secondary N) is 2. The first-order valence-electron chi connectivity index (χ1n) is 8.04. The first-order chi connectivity index (χ1) is 11.2. The summed E-state index contributed by atoms with van der Waals surface area (Å²) in [7, 11) is 0. The Labute approximate surface area is 160 Å². The summed E-state index contributed by atoms with van der Waals surface area (Å²) in [4.78, 5) is 8.81. The van der Waals surface area contributed by atoms with Gasteiger partial charge in [-0.3, -0.25) is 0 Å². The normalized spacial score (nSPS) is 11.0. The Kier molecular flexibility index (Phi) is 9.36. The molecule has 0 bridgehead atoms. The zero-order valence-corrected chi connectivity index (χ0v) is 16.8. The molecule has 0 aliphatic heterocycles. The van der Waals surface area contributed by atoms with Gasteiger partial charge in [-0.15, -0.1) is 24.0 Å². The molecule has 0 radical (unpaired) electrons. The zero-order chi connectivity index (χ0) is 16.5. The van der Waals surface area contributed by atoms with Crippen molar-refractivity contribution in [2.75, 3.05) is 13.1 Å². The maximum atomic E-state index is 5.10. The third-order valence-electron chi connectivity index (χ3n) is 3.28. The van der Waals surface area contributed by atoms with Gasteiger partial charge < -0.3 is 15.2 Å². The Balaban J connectivity index is 0.00000288. The highest BCUT2D eigenvalue weighted by molar-refractivity contribution is 14.0. The lowest BCUT2D eigenvalue weighted by Gasteiger charge is -2.10. The minimum atomic E-state index is 0. The first kappa shape index (κ1) is 20.4. The third kappa shape index (κ3) is 7.29. The molecule has 6 nitrogen and oxygen atoms in total. The fourth-order valence-electron chi connectivity index (χ4n) is 2.21. The van der Waals surface area contributed by atoms with Crippen molar-refractivity contribution in [2.45, 2.75) is 40.2 Å². The van der Waals surface area contributed by atoms with Crippen LogP contribution in [0.15, 0.2) is 33.8 Å². The van der Waals surface area contributed by atoms with Gasteiger partial charge in [0.25, 0.3) is 0 Å². The van der Waals surface area contributed by atoms with Gasteiger partial charge in [0.15, 0.2) is 11.8 Å². The summed E-state index contributed by atoms with van der Waals surface area (Å²) in [5, 5.41) is 10.4. The van der Waals surface area contributed by atoms with Crippen LogP contribution in [0.3, 0.4) is 0 Å². The molecule has 0 atom stereocenters. The Morgan fingerprint density at radius 3 is 2.75 bits per heavy atom. The summed E-state index contributed by atoms with van der Waals surface area (Å²) in [5.41, 5.74) is 2.47. The molecule has 0 aliphatic rings. The first-order valence-corrected chi connectivity index (χ1v) is 8.04. The van der Waals surface area contributed by atoms with Crippen LogP contribution < -0.4 is 10.6 Å². The van der Waals surface area contributed by atoms with Crippen LogP contribution >= 0.6 is 24.0 Å². The fourth-order valence-corrected chi connectivity index (χ4v) is 2.21. The van der Waals surface area contributed by atoms with Gasteiger partial charge in [0.1, 0.15) is 0 Å². The van der Waals surface area contributed by atoms with E-state index in [-0.39, 0.29) is 24.0 Å². The Hall–Kier alpha value is -1.64. The van der Waals surface area contributed by atoms with Gasteiger partial charge in [-0.25, -0.2) is 4.99 Å². The van der Waals surface area contributed by atoms with Crippen LogP contribution in [0.2, 0.25) is 0 Å². The molecule has 0 spiro atoms. The summed E-state index contributed by atoms with van der Waals surface area (Å²) in [5.74, 6) is 2.20. The van der Waals surface area contributed by atoms with Gasteiger partial charge in [0, 0.05) is 19.5 Å². The largest absolute Gasteiger partial charge is 0.357 e. The molecule has 24 heavy (non-hydrogen) atoms. The Bertz CT molecular complexity index is 641. The molecule has 2 N–H and O–H groups in total. The van der Waals surface area contributed by atoms with Crippen LogP contribution in [0.1, 0.15) is 36.2 Å². The lowest BCUT2D eigenvalue weighted by molar-refractivity contribution is 0.372. The minimum absolute atomic E-state index is 0. The van der Waals surface area contributed by atoms with E-state index in [0.29, 0.717) is 18.3 Å². The molecule has 0 saturated carbocycles. The molecular formula is C17H26IN5O. The van der Waals surface area contributed by atoms with Crippen LogP contribution in [-0.4, -0.2) is 29.2 Å². The summed E-state index contributed by atoms with van der Waals surface area (Å²) >= 11 is 0. The van der Waals surface area contributed by atoms with E-state index < -0.39 is 0 Å². The number of hydrogen-bond donors (Lipinski definition) is 2. The van der Waals surface area contributed by atoms with Crippen molar-refractivity contribution in [2.24, 2.45) is 4.99 Å². The quantitative estimate of drug-likeness (QED) is 0.298. The summed E-state index contributed by atoms with van der Waals surface area (Å²) in [6, 6.07) is 8.41. The molecule has 7 heteroatoms. The second-order valence-electron chi connectivity index (χ2n) is 5.45. The molecule has 1 aromatic heterocycles. The fraction of sp³-hybridized carbons (Fsp3) is 0.471. The van der Waals surface area contributed by atoms with Crippen LogP contribution in [0.25, 0.3) is 0 Å². The topological polar surface area (TPSA) is 75.3 Å². The minimum Gasteiger partial charge on any atom is -0.357 e. The lowest BCUT2D eigenvalue weighted by atomic mass is 10.1. The van der Waals surface area contributed by atoms with E-state index in [1.807, 2.05) is 6.92 Å². The van der Waals surface area contributed by atoms with Crippen molar-refractivity contribution in [3.8, 4) is 0 Å². The van der Waals surface area contributed by atoms with Crippen molar-refractivity contribution in [3.05, 3.63) is 47.1 Å². The number of rotatable bonds is 7. The Morgan fingerprint density at radius 2 is 2.08 bits per heavy atom. The van der Waals surface area contributed by atoms with E-state index in [1.54, 1.807) is 0 Å². The average Bonchev–Trinajstić information content (AvgIpc) is 2.94. The molecule has 2 rings (SSSR count). The number of aliphatic imine (C=N–C) groups is 1. The van der Waals surface area contributed by atoms with Crippen molar-refractivity contribution in [1.29, 1.82) is 0 Å². The van der Waals surface area contributed by atoms with Crippen molar-refractivity contribution < 1.29 is 4.52 Å². The highest BCUT2D eigenvalue weighted by Crippen LogP contribution is 2.05. The number of hydrogen-bond acceptors (Lipinski definition) is 4. The maximum absolute atomic E-state index is 5.10. The molecule has 132 valence electrons. The summed E-state index contributed by atoms with van der Waals surface area (Å²) < 4.78 is 5.10.